The van der Waals surface area contributed by atoms with Gasteiger partial charge in [0, 0.05) is 18.7 Å². The zero-order chi connectivity index (χ0) is 15.2. The average molecular weight is 306 g/mol. The van der Waals surface area contributed by atoms with E-state index in [2.05, 4.69) is 29.0 Å². The number of carbonyl (C=O) groups is 1. The molecule has 1 amide bonds. The van der Waals surface area contributed by atoms with Crippen molar-refractivity contribution in [1.29, 1.82) is 0 Å². The maximum Gasteiger partial charge on any atom is 0.227 e. The Morgan fingerprint density at radius 2 is 2.19 bits per heavy atom. The molecule has 2 rings (SSSR count). The summed E-state index contributed by atoms with van der Waals surface area (Å²) in [6, 6.07) is 5.57. The van der Waals surface area contributed by atoms with E-state index in [0.717, 1.165) is 36.3 Å². The lowest BCUT2D eigenvalue weighted by Crippen LogP contribution is -2.28. The van der Waals surface area contributed by atoms with E-state index in [-0.39, 0.29) is 5.91 Å². The molecule has 0 aliphatic rings. The first-order valence-electron chi connectivity index (χ1n) is 7.30. The van der Waals surface area contributed by atoms with Crippen LogP contribution in [-0.4, -0.2) is 35.4 Å². The highest BCUT2D eigenvalue weighted by Gasteiger charge is 2.09. The molecule has 0 radical (unpaired) electrons. The number of benzene rings is 1. The molecule has 3 N–H and O–H groups in total. The Morgan fingerprint density at radius 3 is 2.90 bits per heavy atom. The molecule has 0 aliphatic heterocycles. The van der Waals surface area contributed by atoms with Gasteiger partial charge in [-0.3, -0.25) is 4.79 Å². The van der Waals surface area contributed by atoms with Gasteiger partial charge in [0.2, 0.25) is 5.91 Å². The Morgan fingerprint density at radius 1 is 1.38 bits per heavy atom. The summed E-state index contributed by atoms with van der Waals surface area (Å²) < 4.78 is 0.992. The van der Waals surface area contributed by atoms with Gasteiger partial charge in [0.1, 0.15) is 0 Å². The van der Waals surface area contributed by atoms with Crippen molar-refractivity contribution in [1.82, 2.24) is 9.88 Å². The van der Waals surface area contributed by atoms with Crippen molar-refractivity contribution in [2.75, 3.05) is 30.7 Å². The molecule has 0 saturated carbocycles. The number of carbonyl (C=O) groups excluding carboxylic acids is 1. The van der Waals surface area contributed by atoms with E-state index < -0.39 is 0 Å². The quantitative estimate of drug-likeness (QED) is 0.772. The fraction of sp³-hybridized carbons (Fsp3) is 0.467. The van der Waals surface area contributed by atoms with Gasteiger partial charge in [-0.15, -0.1) is 0 Å². The third kappa shape index (κ3) is 4.41. The summed E-state index contributed by atoms with van der Waals surface area (Å²) in [5, 5.41) is 3.51. The van der Waals surface area contributed by atoms with Gasteiger partial charge in [-0.1, -0.05) is 25.2 Å². The van der Waals surface area contributed by atoms with Crippen LogP contribution in [0, 0.1) is 0 Å². The normalized spacial score (nSPS) is 11.2. The smallest absolute Gasteiger partial charge is 0.227 e. The number of hydrogen-bond donors (Lipinski definition) is 2. The second-order valence-corrected chi connectivity index (χ2v) is 6.01. The molecular formula is C15H22N4OS. The molecule has 1 aromatic carbocycles. The highest BCUT2D eigenvalue weighted by Crippen LogP contribution is 2.27. The lowest BCUT2D eigenvalue weighted by Gasteiger charge is -2.18. The average Bonchev–Trinajstić information content (AvgIpc) is 2.84. The van der Waals surface area contributed by atoms with Crippen LogP contribution in [-0.2, 0) is 4.79 Å². The molecule has 6 heteroatoms. The highest BCUT2D eigenvalue weighted by atomic mass is 32.1. The largest absolute Gasteiger partial charge is 0.399 e. The first kappa shape index (κ1) is 15.7. The van der Waals surface area contributed by atoms with Crippen molar-refractivity contribution < 1.29 is 4.79 Å². The zero-order valence-corrected chi connectivity index (χ0v) is 13.4. The number of nitrogens with two attached hydrogens (primary N) is 1. The number of amides is 1. The van der Waals surface area contributed by atoms with Gasteiger partial charge < -0.3 is 16.0 Å². The number of thiazole rings is 1. The second-order valence-electron chi connectivity index (χ2n) is 4.98. The topological polar surface area (TPSA) is 71.2 Å². The molecule has 0 atom stereocenters. The molecule has 0 spiro atoms. The van der Waals surface area contributed by atoms with Crippen LogP contribution in [0.25, 0.3) is 10.2 Å². The Bertz CT molecular complexity index is 611. The van der Waals surface area contributed by atoms with E-state index in [9.17, 15) is 4.79 Å². The SMILES string of the molecule is CCCN(CC)CCC(=O)Nc1nc2ccc(N)cc2s1. The lowest BCUT2D eigenvalue weighted by molar-refractivity contribution is -0.116. The van der Waals surface area contributed by atoms with Crippen molar-refractivity contribution in [3.8, 4) is 0 Å². The summed E-state index contributed by atoms with van der Waals surface area (Å²) in [6.07, 6.45) is 1.60. The lowest BCUT2D eigenvalue weighted by atomic mass is 10.3. The second kappa shape index (κ2) is 7.38. The Kier molecular flexibility index (Phi) is 5.52. The number of fused-ring (bicyclic) bond motifs is 1. The molecular weight excluding hydrogens is 284 g/mol. The fourth-order valence-corrected chi connectivity index (χ4v) is 3.11. The molecule has 0 saturated heterocycles. The summed E-state index contributed by atoms with van der Waals surface area (Å²) in [4.78, 5) is 18.7. The third-order valence-electron chi connectivity index (χ3n) is 3.30. The Balaban J connectivity index is 1.92. The van der Waals surface area contributed by atoms with Gasteiger partial charge in [-0.05, 0) is 37.7 Å². The number of aromatic nitrogens is 1. The van der Waals surface area contributed by atoms with Gasteiger partial charge >= 0.3 is 0 Å². The minimum Gasteiger partial charge on any atom is -0.399 e. The van der Waals surface area contributed by atoms with Gasteiger partial charge in [0.15, 0.2) is 5.13 Å². The van der Waals surface area contributed by atoms with Crippen LogP contribution in [0.5, 0.6) is 0 Å². The highest BCUT2D eigenvalue weighted by molar-refractivity contribution is 7.22. The molecule has 0 unspecified atom stereocenters. The van der Waals surface area contributed by atoms with Crippen LogP contribution in [0.4, 0.5) is 10.8 Å². The van der Waals surface area contributed by atoms with Crippen LogP contribution in [0.2, 0.25) is 0 Å². The number of nitrogen functional groups attached to an aromatic ring is 1. The maximum atomic E-state index is 12.0. The first-order chi connectivity index (χ1) is 10.1. The number of anilines is 2. The van der Waals surface area contributed by atoms with Crippen molar-refractivity contribution >= 4 is 38.3 Å². The molecule has 0 fully saturated rings. The van der Waals surface area contributed by atoms with Crippen molar-refractivity contribution in [3.63, 3.8) is 0 Å². The molecule has 1 aromatic heterocycles. The van der Waals surface area contributed by atoms with Crippen LogP contribution < -0.4 is 11.1 Å². The van der Waals surface area contributed by atoms with Gasteiger partial charge in [-0.25, -0.2) is 4.98 Å². The Hall–Kier alpha value is -1.66. The predicted molar refractivity (Wildman–Crippen MR) is 89.7 cm³/mol. The van der Waals surface area contributed by atoms with Crippen LogP contribution in [0.15, 0.2) is 18.2 Å². The summed E-state index contributed by atoms with van der Waals surface area (Å²) >= 11 is 1.45. The number of nitrogens with zero attached hydrogens (tertiary/aromatic N) is 2. The van der Waals surface area contributed by atoms with E-state index in [1.807, 2.05) is 18.2 Å². The van der Waals surface area contributed by atoms with E-state index in [1.165, 1.54) is 11.3 Å². The molecule has 0 aliphatic carbocycles. The minimum atomic E-state index is 0.0107. The fourth-order valence-electron chi connectivity index (χ4n) is 2.18. The number of rotatable bonds is 7. The summed E-state index contributed by atoms with van der Waals surface area (Å²) in [5.74, 6) is 0.0107. The first-order valence-corrected chi connectivity index (χ1v) is 8.12. The number of nitrogens with one attached hydrogen (secondary N) is 1. The molecule has 1 heterocycles. The van der Waals surface area contributed by atoms with Crippen molar-refractivity contribution in [2.24, 2.45) is 0 Å². The van der Waals surface area contributed by atoms with Crippen LogP contribution in [0.1, 0.15) is 26.7 Å². The summed E-state index contributed by atoms with van der Waals surface area (Å²) in [6.45, 7) is 7.06. The molecule has 2 aromatic rings. The molecule has 5 nitrogen and oxygen atoms in total. The minimum absolute atomic E-state index is 0.0107. The number of hydrogen-bond acceptors (Lipinski definition) is 5. The van der Waals surface area contributed by atoms with Crippen molar-refractivity contribution in [2.45, 2.75) is 26.7 Å². The maximum absolute atomic E-state index is 12.0. The van der Waals surface area contributed by atoms with E-state index in [0.29, 0.717) is 17.2 Å². The van der Waals surface area contributed by atoms with E-state index >= 15 is 0 Å². The third-order valence-corrected chi connectivity index (χ3v) is 4.23. The zero-order valence-electron chi connectivity index (χ0n) is 12.6. The van der Waals surface area contributed by atoms with E-state index in [1.54, 1.807) is 0 Å². The Labute approximate surface area is 129 Å². The van der Waals surface area contributed by atoms with Gasteiger partial charge in [0.05, 0.1) is 10.2 Å². The van der Waals surface area contributed by atoms with Crippen LogP contribution >= 0.6 is 11.3 Å². The standard InChI is InChI=1S/C15H22N4OS/c1-3-8-19(4-2)9-7-14(20)18-15-17-12-6-5-11(16)10-13(12)21-15/h5-6,10H,3-4,7-9,16H2,1-2H3,(H,17,18,20). The molecule has 114 valence electrons. The van der Waals surface area contributed by atoms with Crippen LogP contribution in [0.3, 0.4) is 0 Å². The monoisotopic (exact) mass is 306 g/mol. The summed E-state index contributed by atoms with van der Waals surface area (Å²) in [7, 11) is 0. The molecule has 21 heavy (non-hydrogen) atoms. The van der Waals surface area contributed by atoms with Gasteiger partial charge in [0.25, 0.3) is 0 Å². The van der Waals surface area contributed by atoms with E-state index in [4.69, 9.17) is 5.73 Å². The van der Waals surface area contributed by atoms with Gasteiger partial charge in [-0.2, -0.15) is 0 Å². The van der Waals surface area contributed by atoms with Crippen molar-refractivity contribution in [3.05, 3.63) is 18.2 Å². The molecule has 0 bridgehead atoms. The predicted octanol–water partition coefficient (Wildman–Crippen LogP) is 2.94. The summed E-state index contributed by atoms with van der Waals surface area (Å²) in [5.41, 5.74) is 7.32.